The third kappa shape index (κ3) is 11.3. The molecule has 5 aliphatic carbocycles. The van der Waals surface area contributed by atoms with Crippen LogP contribution in [0.3, 0.4) is 0 Å². The largest absolute Gasteiger partial charge is 0.504 e. The van der Waals surface area contributed by atoms with Crippen molar-refractivity contribution < 1.29 is 44.2 Å². The van der Waals surface area contributed by atoms with Crippen LogP contribution in [0.1, 0.15) is 142 Å². The molecule has 19 nitrogen and oxygen atoms in total. The second-order valence-electron chi connectivity index (χ2n) is 30.4. The Balaban J connectivity index is 0.872. The number of H-pyrrole nitrogens is 1. The first-order valence-corrected chi connectivity index (χ1v) is 36.2. The fraction of sp³-hybridized carbons (Fsp3) is 0.487. The number of aromatic amines is 1. The molecular weight excluding hydrogens is 1240 g/mol. The average Bonchev–Trinajstić information content (AvgIpc) is 1.68. The van der Waals surface area contributed by atoms with Crippen LogP contribution in [0.5, 0.6) is 28.7 Å². The molecule has 1 spiro atoms. The molecule has 19 heteroatoms. The van der Waals surface area contributed by atoms with Gasteiger partial charge in [0.15, 0.2) is 29.0 Å². The molecule has 9 bridgehead atoms. The van der Waals surface area contributed by atoms with Gasteiger partial charge in [-0.25, -0.2) is 0 Å². The lowest BCUT2D eigenvalue weighted by molar-refractivity contribution is -0.197. The highest BCUT2D eigenvalue weighted by atomic mass is 16.6. The molecule has 11 aliphatic rings. The molecule has 19 atom stereocenters. The van der Waals surface area contributed by atoms with Crippen LogP contribution in [0.2, 0.25) is 0 Å². The van der Waals surface area contributed by atoms with Crippen molar-refractivity contribution in [2.24, 2.45) is 63.0 Å². The second kappa shape index (κ2) is 25.4. The maximum absolute atomic E-state index is 14.1. The fourth-order valence-corrected chi connectivity index (χ4v) is 20.5. The number of dihydropyridines is 1. The molecule has 9 heterocycles. The Morgan fingerprint density at radius 1 is 0.980 bits per heavy atom. The van der Waals surface area contributed by atoms with Gasteiger partial charge >= 0.3 is 5.97 Å². The summed E-state index contributed by atoms with van der Waals surface area (Å²) >= 11 is 0. The normalized spacial score (nSPS) is 35.2. The summed E-state index contributed by atoms with van der Waals surface area (Å²) in [5.74, 6) is 14.4. The number of carbonyl (C=O) groups is 1. The monoisotopic (exact) mass is 1330 g/mol. The van der Waals surface area contributed by atoms with E-state index in [-0.39, 0.29) is 65.5 Å². The van der Waals surface area contributed by atoms with Gasteiger partial charge in [0, 0.05) is 111 Å². The number of aliphatic hydroxyl groups is 1. The van der Waals surface area contributed by atoms with Gasteiger partial charge in [-0.1, -0.05) is 86.1 Å². The molecule has 99 heavy (non-hydrogen) atoms. The molecule has 0 amide bonds. The van der Waals surface area contributed by atoms with Crippen molar-refractivity contribution in [3.63, 3.8) is 0 Å². The zero-order valence-electron chi connectivity index (χ0n) is 56.3. The molecule has 12 N–H and O–H groups in total. The van der Waals surface area contributed by atoms with E-state index in [1.54, 1.807) is 24.5 Å². The van der Waals surface area contributed by atoms with Crippen molar-refractivity contribution >= 4 is 22.8 Å². The first-order valence-electron chi connectivity index (χ1n) is 36.2. The average molecular weight is 1340 g/mol. The molecule has 0 radical (unpaired) electrons. The SMILES string of the molecule is CCNC1c2c3cccc2C2CCC(CC4=CCNC(N)=C4)(CN=C4NC(n5cc6cc[nH]c6c5)C5C(O)NC6CCCCC6C#CCC67Cc8ccc(O)c(c8)OC8CC(C3)CC5(N4)C8C#CC6C=CC3C(OC(C)=O)CC(c4cc(O)c(O)c(OCCc5cccnc5)c4)OC37)C21. The molecule has 19 unspecified atom stereocenters. The van der Waals surface area contributed by atoms with Crippen molar-refractivity contribution in [2.45, 2.75) is 164 Å². The summed E-state index contributed by atoms with van der Waals surface area (Å²) < 4.78 is 30.3. The Kier molecular flexibility index (Phi) is 16.3. The standard InChI is InChI=1S/C80H90N10O9/c1-3-83-72-69-51-11-6-13-55(69)56-21-26-78(70(56)72,38-48-22-28-85-68(81)34-48)44-86-77-88-75(90-42-52-23-29-84-60(52)43-90)71-76(95)87-59-14-5-4-10-50(59)12-7-25-79-39-47-15-20-61(92)66(32-47)98-65-33-49(31-51)40-80(71,89-77)58(65)19-17-54(79)16-18-57-64(97-45(2)91)37-63(99-74(57)79)53-35-62(93)73(94)67(36-53)96-30-24-46-9-8-27-82-41-46/h6,8-9,11,13,15-16,18,20,22-23,27,29,32,34-36,41-43,49-50,54,56-59,63-65,70-72,74-76,83-85,87,92-95H,3-5,10,14,21,24-26,28,30-31,33,37-40,44,81H2,1-2H3,(H2,86,88,89). The van der Waals surface area contributed by atoms with E-state index in [2.05, 4.69) is 133 Å². The highest BCUT2D eigenvalue weighted by Crippen LogP contribution is 2.65. The number of hydrogen-bond acceptors (Lipinski definition) is 17. The predicted octanol–water partition coefficient (Wildman–Crippen LogP) is 9.78. The number of pyridine rings is 1. The van der Waals surface area contributed by atoms with Gasteiger partial charge in [-0.2, -0.15) is 0 Å². The zero-order chi connectivity index (χ0) is 67.3. The summed E-state index contributed by atoms with van der Waals surface area (Å²) in [6.07, 6.45) is 23.7. The number of aromatic hydroxyl groups is 3. The number of ether oxygens (including phenoxy) is 4. The van der Waals surface area contributed by atoms with Crippen LogP contribution in [0, 0.1) is 75.9 Å². The lowest BCUT2D eigenvalue weighted by atomic mass is 9.57. The van der Waals surface area contributed by atoms with E-state index in [4.69, 9.17) is 29.7 Å². The maximum atomic E-state index is 14.1. The number of nitrogens with one attached hydrogen (secondary N) is 6. The van der Waals surface area contributed by atoms with Gasteiger partial charge in [-0.15, -0.1) is 5.92 Å². The van der Waals surface area contributed by atoms with E-state index >= 15 is 0 Å². The topological polar surface area (TPSA) is 267 Å². The number of aliphatic imine (C=N–C) groups is 1. The summed E-state index contributed by atoms with van der Waals surface area (Å²) in [5, 5.41) is 70.3. The highest BCUT2D eigenvalue weighted by molar-refractivity contribution is 5.83. The minimum absolute atomic E-state index is 0.00392. The van der Waals surface area contributed by atoms with Crippen LogP contribution in [0.15, 0.2) is 138 Å². The van der Waals surface area contributed by atoms with E-state index in [1.807, 2.05) is 30.5 Å². The summed E-state index contributed by atoms with van der Waals surface area (Å²) in [6, 6.07) is 21.8. The quantitative estimate of drug-likeness (QED) is 0.0249. The van der Waals surface area contributed by atoms with Gasteiger partial charge in [-0.05, 0) is 169 Å². The molecular formula is C80H90N10O9. The number of carbonyl (C=O) groups excluding carboxylic acids is 1. The fourth-order valence-electron chi connectivity index (χ4n) is 20.5. The first kappa shape index (κ1) is 63.6. The van der Waals surface area contributed by atoms with Crippen molar-refractivity contribution in [3.8, 4) is 52.4 Å². The highest BCUT2D eigenvalue weighted by Gasteiger charge is 2.64. The van der Waals surface area contributed by atoms with Crippen LogP contribution in [0.4, 0.5) is 0 Å². The third-order valence-corrected chi connectivity index (χ3v) is 24.6. The minimum Gasteiger partial charge on any atom is -0.504 e. The van der Waals surface area contributed by atoms with E-state index in [0.717, 1.165) is 79.9 Å². The van der Waals surface area contributed by atoms with Crippen LogP contribution in [-0.4, -0.2) is 109 Å². The molecule has 5 fully saturated rings. The summed E-state index contributed by atoms with van der Waals surface area (Å²) in [5.41, 5.74) is 12.9. The molecule has 3 saturated carbocycles. The van der Waals surface area contributed by atoms with E-state index < -0.39 is 83.2 Å². The van der Waals surface area contributed by atoms with Crippen LogP contribution in [0.25, 0.3) is 10.9 Å². The molecule has 3 aromatic heterocycles. The molecule has 17 rings (SSSR count). The van der Waals surface area contributed by atoms with Crippen LogP contribution < -0.4 is 41.8 Å². The Morgan fingerprint density at radius 2 is 1.89 bits per heavy atom. The van der Waals surface area contributed by atoms with Crippen LogP contribution in [-0.2, 0) is 33.5 Å². The van der Waals surface area contributed by atoms with Crippen molar-refractivity contribution in [3.05, 3.63) is 167 Å². The molecule has 2 saturated heterocycles. The van der Waals surface area contributed by atoms with E-state index in [9.17, 15) is 25.2 Å². The lowest BCUT2D eigenvalue weighted by Crippen LogP contribution is -2.76. The lowest BCUT2D eigenvalue weighted by Gasteiger charge is -2.59. The molecule has 6 aliphatic heterocycles. The Hall–Kier alpha value is -8.85. The van der Waals surface area contributed by atoms with Crippen molar-refractivity contribution in [1.82, 2.24) is 41.1 Å². The zero-order valence-corrected chi connectivity index (χ0v) is 56.3. The minimum atomic E-state index is -1.13. The Labute approximate surface area is 577 Å². The smallest absolute Gasteiger partial charge is 0.302 e. The van der Waals surface area contributed by atoms with E-state index in [0.29, 0.717) is 74.2 Å². The van der Waals surface area contributed by atoms with Crippen LogP contribution >= 0.6 is 0 Å². The van der Waals surface area contributed by atoms with Gasteiger partial charge in [-0.3, -0.25) is 20.1 Å². The number of aromatic nitrogens is 3. The number of phenolic OH excluding ortho intramolecular Hbond substituents is 3. The van der Waals surface area contributed by atoms with Crippen molar-refractivity contribution in [1.29, 1.82) is 0 Å². The second-order valence-corrected chi connectivity index (χ2v) is 30.4. The summed E-state index contributed by atoms with van der Waals surface area (Å²) in [4.78, 5) is 27.2. The molecule has 514 valence electrons. The van der Waals surface area contributed by atoms with Crippen molar-refractivity contribution in [2.75, 3.05) is 26.2 Å². The van der Waals surface area contributed by atoms with Gasteiger partial charge in [0.05, 0.1) is 47.5 Å². The van der Waals surface area contributed by atoms with Gasteiger partial charge in [0.1, 0.15) is 24.6 Å². The Bertz CT molecular complexity index is 4360. The number of benzene rings is 3. The number of esters is 1. The Morgan fingerprint density at radius 3 is 2.75 bits per heavy atom. The van der Waals surface area contributed by atoms with Gasteiger partial charge in [0.2, 0.25) is 5.75 Å². The number of rotatable bonds is 11. The number of fused-ring (bicyclic) bond motifs is 8. The number of aliphatic hydroxyl groups excluding tert-OH is 1. The van der Waals surface area contributed by atoms with Gasteiger partial charge < -0.3 is 75.9 Å². The maximum Gasteiger partial charge on any atom is 0.302 e. The number of guanidine groups is 1. The number of allylic oxidation sites excluding steroid dienone is 3. The number of phenols is 3. The third-order valence-electron chi connectivity index (χ3n) is 24.6. The number of hydrogen-bond donors (Lipinski definition) is 11. The number of nitrogens with two attached hydrogens (primary N) is 1. The number of nitrogens with zero attached hydrogens (tertiary/aromatic N) is 3. The molecule has 3 aromatic carbocycles. The molecule has 6 aromatic rings. The van der Waals surface area contributed by atoms with Gasteiger partial charge in [0.25, 0.3) is 0 Å². The predicted molar refractivity (Wildman–Crippen MR) is 375 cm³/mol. The summed E-state index contributed by atoms with van der Waals surface area (Å²) in [7, 11) is 0. The first-order chi connectivity index (χ1) is 48.2. The summed E-state index contributed by atoms with van der Waals surface area (Å²) in [6.45, 7) is 5.83. The van der Waals surface area contributed by atoms with E-state index in [1.165, 1.54) is 35.3 Å².